The van der Waals surface area contributed by atoms with Gasteiger partial charge in [-0.1, -0.05) is 15.9 Å². The Morgan fingerprint density at radius 1 is 1.20 bits per heavy atom. The molecule has 25 heavy (non-hydrogen) atoms. The molecule has 3 rings (SSSR count). The number of rotatable bonds is 4. The van der Waals surface area contributed by atoms with Gasteiger partial charge in [0.05, 0.1) is 20.7 Å². The molecule has 0 unspecified atom stereocenters. The van der Waals surface area contributed by atoms with Gasteiger partial charge in [0.15, 0.2) is 5.76 Å². The topological polar surface area (TPSA) is 78.1 Å². The molecule has 0 radical (unpaired) electrons. The Morgan fingerprint density at radius 3 is 2.64 bits per heavy atom. The quantitative estimate of drug-likeness (QED) is 0.442. The third-order valence-electron chi connectivity index (χ3n) is 3.71. The van der Waals surface area contributed by atoms with Gasteiger partial charge in [0.1, 0.15) is 5.75 Å². The fourth-order valence-electron chi connectivity index (χ4n) is 2.53. The smallest absolute Gasteiger partial charge is 0.275 e. The first-order valence-electron chi connectivity index (χ1n) is 7.51. The van der Waals surface area contributed by atoms with Gasteiger partial charge >= 0.3 is 0 Å². The molecule has 6 nitrogen and oxygen atoms in total. The van der Waals surface area contributed by atoms with Crippen LogP contribution in [0.4, 0.5) is 5.88 Å². The lowest BCUT2D eigenvalue weighted by atomic mass is 10.2. The third kappa shape index (κ3) is 4.27. The molecule has 9 heteroatoms. The van der Waals surface area contributed by atoms with Crippen LogP contribution in [-0.2, 0) is 0 Å². The minimum absolute atomic E-state index is 0.108. The van der Waals surface area contributed by atoms with E-state index in [4.69, 9.17) is 4.42 Å². The molecule has 2 heterocycles. The van der Waals surface area contributed by atoms with Gasteiger partial charge in [-0.3, -0.25) is 4.79 Å². The normalized spacial score (nSPS) is 14.4. The molecule has 1 aliphatic rings. The number of phenolic OH excluding ortho intramolecular Hbond substituents is 1. The lowest BCUT2D eigenvalue weighted by molar-refractivity contribution is 0.0952. The fraction of sp³-hybridized carbons (Fsp3) is 0.250. The number of halogens is 3. The molecule has 2 aromatic rings. The van der Waals surface area contributed by atoms with Crippen molar-refractivity contribution in [3.63, 3.8) is 0 Å². The lowest BCUT2D eigenvalue weighted by Gasteiger charge is -2.13. The number of carbonyl (C=O) groups is 1. The Hall–Kier alpha value is -1.32. The van der Waals surface area contributed by atoms with Gasteiger partial charge in [-0.2, -0.15) is 5.10 Å². The predicted octanol–water partition coefficient (Wildman–Crippen LogP) is 4.64. The second kappa shape index (κ2) is 7.92. The molecular weight excluding hydrogens is 522 g/mol. The molecule has 1 aromatic heterocycles. The summed E-state index contributed by atoms with van der Waals surface area (Å²) in [5.74, 6) is 0.627. The van der Waals surface area contributed by atoms with Crippen LogP contribution in [0.5, 0.6) is 5.75 Å². The van der Waals surface area contributed by atoms with E-state index in [2.05, 4.69) is 63.2 Å². The summed E-state index contributed by atoms with van der Waals surface area (Å²) in [5, 5.41) is 13.9. The molecule has 0 spiro atoms. The van der Waals surface area contributed by atoms with Crippen molar-refractivity contribution in [2.75, 3.05) is 18.0 Å². The van der Waals surface area contributed by atoms with Crippen LogP contribution in [0.25, 0.3) is 0 Å². The molecule has 1 fully saturated rings. The minimum atomic E-state index is -0.527. The number of furan rings is 1. The number of amides is 1. The van der Waals surface area contributed by atoms with Crippen molar-refractivity contribution >= 4 is 65.8 Å². The number of nitrogens with one attached hydrogen (secondary N) is 1. The van der Waals surface area contributed by atoms with Crippen LogP contribution in [0.1, 0.15) is 29.0 Å². The summed E-state index contributed by atoms with van der Waals surface area (Å²) >= 11 is 9.95. The number of nitrogens with zero attached hydrogens (tertiary/aromatic N) is 2. The van der Waals surface area contributed by atoms with Crippen molar-refractivity contribution < 1.29 is 14.3 Å². The molecule has 0 saturated carbocycles. The molecular formula is C16H14Br3N3O3. The summed E-state index contributed by atoms with van der Waals surface area (Å²) in [6.45, 7) is 1.94. The zero-order valence-corrected chi connectivity index (χ0v) is 17.7. The number of hydrogen-bond donors (Lipinski definition) is 2. The van der Waals surface area contributed by atoms with Gasteiger partial charge < -0.3 is 14.4 Å². The van der Waals surface area contributed by atoms with E-state index in [1.807, 2.05) is 0 Å². The summed E-state index contributed by atoms with van der Waals surface area (Å²) < 4.78 is 7.70. The average Bonchev–Trinajstić information content (AvgIpc) is 3.20. The zero-order chi connectivity index (χ0) is 18.0. The van der Waals surface area contributed by atoms with Crippen LogP contribution in [-0.4, -0.2) is 30.3 Å². The SMILES string of the molecule is O=C(N/N=C\c1cc(Br)c(N2CCCC2)o1)c1cc(Br)cc(Br)c1O. The first kappa shape index (κ1) is 18.5. The first-order chi connectivity index (χ1) is 12.0. The molecule has 1 aliphatic heterocycles. The second-order valence-electron chi connectivity index (χ2n) is 5.48. The van der Waals surface area contributed by atoms with Gasteiger partial charge in [0.25, 0.3) is 5.91 Å². The number of carbonyl (C=O) groups excluding carboxylic acids is 1. The Balaban J connectivity index is 1.69. The fourth-order valence-corrected chi connectivity index (χ4v) is 4.31. The van der Waals surface area contributed by atoms with E-state index in [1.54, 1.807) is 12.1 Å². The van der Waals surface area contributed by atoms with Crippen LogP contribution in [0, 0.1) is 0 Å². The van der Waals surface area contributed by atoms with Gasteiger partial charge in [0.2, 0.25) is 5.88 Å². The molecule has 1 amide bonds. The summed E-state index contributed by atoms with van der Waals surface area (Å²) in [6, 6.07) is 4.96. The van der Waals surface area contributed by atoms with Crippen LogP contribution in [0.3, 0.4) is 0 Å². The van der Waals surface area contributed by atoms with E-state index in [0.717, 1.165) is 36.3 Å². The first-order valence-corrected chi connectivity index (χ1v) is 9.89. The molecule has 132 valence electrons. The van der Waals surface area contributed by atoms with Gasteiger partial charge in [-0.05, 0) is 56.8 Å². The van der Waals surface area contributed by atoms with E-state index in [-0.39, 0.29) is 11.3 Å². The molecule has 0 aliphatic carbocycles. The predicted molar refractivity (Wildman–Crippen MR) is 106 cm³/mol. The number of hydrogen-bond acceptors (Lipinski definition) is 5. The zero-order valence-electron chi connectivity index (χ0n) is 12.9. The number of benzene rings is 1. The molecule has 2 N–H and O–H groups in total. The summed E-state index contributed by atoms with van der Waals surface area (Å²) in [7, 11) is 0. The van der Waals surface area contributed by atoms with Gasteiger partial charge in [-0.15, -0.1) is 0 Å². The van der Waals surface area contributed by atoms with E-state index in [0.29, 0.717) is 14.7 Å². The highest BCUT2D eigenvalue weighted by atomic mass is 79.9. The van der Waals surface area contributed by atoms with Crippen LogP contribution < -0.4 is 10.3 Å². The van der Waals surface area contributed by atoms with Crippen LogP contribution in [0.2, 0.25) is 0 Å². The monoisotopic (exact) mass is 533 g/mol. The number of aromatic hydroxyl groups is 1. The summed E-state index contributed by atoms with van der Waals surface area (Å²) in [5.41, 5.74) is 2.49. The molecule has 1 saturated heterocycles. The third-order valence-corrected chi connectivity index (χ3v) is 5.34. The Morgan fingerprint density at radius 2 is 1.92 bits per heavy atom. The highest BCUT2D eigenvalue weighted by molar-refractivity contribution is 9.11. The lowest BCUT2D eigenvalue weighted by Crippen LogP contribution is -2.18. The average molecular weight is 536 g/mol. The Kier molecular flexibility index (Phi) is 5.85. The minimum Gasteiger partial charge on any atom is -0.506 e. The van der Waals surface area contributed by atoms with Crippen LogP contribution in [0.15, 0.2) is 41.1 Å². The van der Waals surface area contributed by atoms with Gasteiger partial charge in [-0.25, -0.2) is 5.43 Å². The molecule has 0 atom stereocenters. The van der Waals surface area contributed by atoms with Crippen molar-refractivity contribution in [3.8, 4) is 5.75 Å². The van der Waals surface area contributed by atoms with Crippen molar-refractivity contribution in [1.29, 1.82) is 0 Å². The summed E-state index contributed by atoms with van der Waals surface area (Å²) in [4.78, 5) is 14.3. The van der Waals surface area contributed by atoms with E-state index in [9.17, 15) is 9.90 Å². The van der Waals surface area contributed by atoms with Gasteiger partial charge in [0, 0.05) is 23.6 Å². The van der Waals surface area contributed by atoms with E-state index < -0.39 is 5.91 Å². The Bertz CT molecular complexity index is 830. The number of phenols is 1. The Labute approximate surface area is 169 Å². The number of hydrazone groups is 1. The summed E-state index contributed by atoms with van der Waals surface area (Å²) in [6.07, 6.45) is 3.73. The van der Waals surface area contributed by atoms with Crippen molar-refractivity contribution in [3.05, 3.63) is 42.9 Å². The standard InChI is InChI=1S/C16H14Br3N3O3/c17-9-5-11(14(23)12(18)6-9)15(24)21-20-8-10-7-13(19)16(25-10)22-3-1-2-4-22/h5-8,23H,1-4H2,(H,21,24)/b20-8-. The number of anilines is 1. The molecule has 1 aromatic carbocycles. The van der Waals surface area contributed by atoms with Crippen molar-refractivity contribution in [2.24, 2.45) is 5.10 Å². The highest BCUT2D eigenvalue weighted by Crippen LogP contribution is 2.32. The highest BCUT2D eigenvalue weighted by Gasteiger charge is 2.19. The maximum absolute atomic E-state index is 12.2. The van der Waals surface area contributed by atoms with E-state index >= 15 is 0 Å². The molecule has 0 bridgehead atoms. The van der Waals surface area contributed by atoms with Crippen molar-refractivity contribution in [1.82, 2.24) is 5.43 Å². The van der Waals surface area contributed by atoms with Crippen LogP contribution >= 0.6 is 47.8 Å². The largest absolute Gasteiger partial charge is 0.506 e. The van der Waals surface area contributed by atoms with E-state index in [1.165, 1.54) is 12.3 Å². The van der Waals surface area contributed by atoms with Crippen molar-refractivity contribution in [2.45, 2.75) is 12.8 Å². The maximum atomic E-state index is 12.2. The second-order valence-corrected chi connectivity index (χ2v) is 8.10. The maximum Gasteiger partial charge on any atom is 0.275 e.